The van der Waals surface area contributed by atoms with Gasteiger partial charge in [0.2, 0.25) is 11.8 Å². The van der Waals surface area contributed by atoms with Gasteiger partial charge in [-0.15, -0.1) is 12.4 Å². The first-order valence-corrected chi connectivity index (χ1v) is 10.6. The van der Waals surface area contributed by atoms with Gasteiger partial charge in [0.15, 0.2) is 0 Å². The number of hydrogen-bond acceptors (Lipinski definition) is 4. The second-order valence-corrected chi connectivity index (χ2v) is 8.55. The number of carbonyl (C=O) groups excluding carboxylic acids is 2. The van der Waals surface area contributed by atoms with Crippen molar-refractivity contribution in [2.45, 2.75) is 44.6 Å². The summed E-state index contributed by atoms with van der Waals surface area (Å²) >= 11 is 0. The fourth-order valence-electron chi connectivity index (χ4n) is 5.05. The SMILES string of the molecule is Cl.NC1C2CCCC1CC(C(=O)Nc1ccc(CC(=O)N3CCOCC3)cc1)C2. The van der Waals surface area contributed by atoms with Crippen molar-refractivity contribution in [1.29, 1.82) is 0 Å². The summed E-state index contributed by atoms with van der Waals surface area (Å²) in [4.78, 5) is 27.0. The number of fused-ring (bicyclic) bond motifs is 2. The maximum absolute atomic E-state index is 12.7. The van der Waals surface area contributed by atoms with Gasteiger partial charge in [-0.3, -0.25) is 9.59 Å². The molecule has 1 aromatic rings. The highest BCUT2D eigenvalue weighted by Gasteiger charge is 2.40. The van der Waals surface area contributed by atoms with Crippen LogP contribution in [0.25, 0.3) is 0 Å². The number of morpholine rings is 1. The van der Waals surface area contributed by atoms with E-state index in [0.29, 0.717) is 44.6 Å². The Bertz CT molecular complexity index is 692. The van der Waals surface area contributed by atoms with Crippen molar-refractivity contribution in [3.8, 4) is 0 Å². The zero-order chi connectivity index (χ0) is 19.5. The van der Waals surface area contributed by atoms with Gasteiger partial charge in [-0.25, -0.2) is 0 Å². The Morgan fingerprint density at radius 3 is 2.31 bits per heavy atom. The monoisotopic (exact) mass is 421 g/mol. The molecule has 2 aliphatic carbocycles. The van der Waals surface area contributed by atoms with E-state index in [9.17, 15) is 9.59 Å². The van der Waals surface area contributed by atoms with Crippen LogP contribution >= 0.6 is 12.4 Å². The van der Waals surface area contributed by atoms with Gasteiger partial charge in [-0.05, 0) is 55.2 Å². The Morgan fingerprint density at radius 1 is 1.07 bits per heavy atom. The number of nitrogens with one attached hydrogen (secondary N) is 1. The normalized spacial score (nSPS) is 28.9. The van der Waals surface area contributed by atoms with E-state index in [1.165, 1.54) is 6.42 Å². The smallest absolute Gasteiger partial charge is 0.227 e. The first-order valence-electron chi connectivity index (χ1n) is 10.6. The lowest BCUT2D eigenvalue weighted by atomic mass is 9.65. The van der Waals surface area contributed by atoms with E-state index in [4.69, 9.17) is 10.5 Å². The minimum Gasteiger partial charge on any atom is -0.378 e. The number of halogens is 1. The predicted molar refractivity (Wildman–Crippen MR) is 115 cm³/mol. The van der Waals surface area contributed by atoms with Crippen LogP contribution in [-0.4, -0.2) is 49.1 Å². The summed E-state index contributed by atoms with van der Waals surface area (Å²) in [6.45, 7) is 2.56. The topological polar surface area (TPSA) is 84.7 Å². The van der Waals surface area contributed by atoms with Crippen molar-refractivity contribution in [3.05, 3.63) is 29.8 Å². The van der Waals surface area contributed by atoms with Crippen LogP contribution in [0.3, 0.4) is 0 Å². The summed E-state index contributed by atoms with van der Waals surface area (Å²) in [5.41, 5.74) is 8.10. The number of amides is 2. The van der Waals surface area contributed by atoms with Gasteiger partial charge in [-0.2, -0.15) is 0 Å². The Balaban J connectivity index is 0.00000240. The van der Waals surface area contributed by atoms with Crippen LogP contribution < -0.4 is 11.1 Å². The summed E-state index contributed by atoms with van der Waals surface area (Å²) in [6, 6.07) is 7.93. The summed E-state index contributed by atoms with van der Waals surface area (Å²) in [5.74, 6) is 1.30. The van der Waals surface area contributed by atoms with Gasteiger partial charge < -0.3 is 20.7 Å². The molecule has 4 rings (SSSR count). The molecule has 3 aliphatic rings. The molecular formula is C22H32ClN3O3. The third-order valence-corrected chi connectivity index (χ3v) is 6.72. The van der Waals surface area contributed by atoms with Crippen LogP contribution in [0, 0.1) is 17.8 Å². The minimum absolute atomic E-state index is 0. The van der Waals surface area contributed by atoms with Crippen molar-refractivity contribution in [1.82, 2.24) is 4.90 Å². The van der Waals surface area contributed by atoms with Gasteiger partial charge in [-0.1, -0.05) is 18.6 Å². The molecule has 2 unspecified atom stereocenters. The van der Waals surface area contributed by atoms with E-state index < -0.39 is 0 Å². The molecule has 0 aromatic heterocycles. The highest BCUT2D eigenvalue weighted by atomic mass is 35.5. The van der Waals surface area contributed by atoms with Gasteiger partial charge in [0.1, 0.15) is 0 Å². The zero-order valence-corrected chi connectivity index (χ0v) is 17.7. The Kier molecular flexibility index (Phi) is 7.55. The van der Waals surface area contributed by atoms with Crippen LogP contribution in [0.1, 0.15) is 37.7 Å². The van der Waals surface area contributed by atoms with Crippen LogP contribution in [0.5, 0.6) is 0 Å². The largest absolute Gasteiger partial charge is 0.378 e. The summed E-state index contributed by atoms with van der Waals surface area (Å²) in [6.07, 6.45) is 5.78. The fraction of sp³-hybridized carbons (Fsp3) is 0.636. The number of rotatable bonds is 4. The molecule has 6 nitrogen and oxygen atoms in total. The number of ether oxygens (including phenoxy) is 1. The van der Waals surface area contributed by atoms with E-state index >= 15 is 0 Å². The van der Waals surface area contributed by atoms with Crippen molar-refractivity contribution in [2.75, 3.05) is 31.6 Å². The van der Waals surface area contributed by atoms with Crippen molar-refractivity contribution >= 4 is 29.9 Å². The molecule has 1 aromatic carbocycles. The van der Waals surface area contributed by atoms with Gasteiger partial charge in [0.05, 0.1) is 19.6 Å². The van der Waals surface area contributed by atoms with Crippen LogP contribution in [0.15, 0.2) is 24.3 Å². The third kappa shape index (κ3) is 5.30. The lowest BCUT2D eigenvalue weighted by Crippen LogP contribution is -2.48. The molecule has 3 N–H and O–H groups in total. The Morgan fingerprint density at radius 2 is 1.69 bits per heavy atom. The molecule has 2 amide bonds. The van der Waals surface area contributed by atoms with Crippen molar-refractivity contribution in [3.63, 3.8) is 0 Å². The molecule has 1 saturated heterocycles. The highest BCUT2D eigenvalue weighted by Crippen LogP contribution is 2.42. The van der Waals surface area contributed by atoms with Crippen molar-refractivity contribution < 1.29 is 14.3 Å². The lowest BCUT2D eigenvalue weighted by molar-refractivity contribution is -0.134. The molecule has 7 heteroatoms. The van der Waals surface area contributed by atoms with Gasteiger partial charge >= 0.3 is 0 Å². The molecule has 2 bridgehead atoms. The van der Waals surface area contributed by atoms with Crippen LogP contribution in [0.2, 0.25) is 0 Å². The summed E-state index contributed by atoms with van der Waals surface area (Å²) in [7, 11) is 0. The average molecular weight is 422 g/mol. The third-order valence-electron chi connectivity index (χ3n) is 6.72. The molecule has 1 heterocycles. The molecule has 0 spiro atoms. The number of hydrogen-bond donors (Lipinski definition) is 2. The van der Waals surface area contributed by atoms with Gasteiger partial charge in [0, 0.05) is 30.7 Å². The van der Waals surface area contributed by atoms with Crippen molar-refractivity contribution in [2.24, 2.45) is 23.5 Å². The fourth-order valence-corrected chi connectivity index (χ4v) is 5.05. The quantitative estimate of drug-likeness (QED) is 0.782. The maximum atomic E-state index is 12.7. The molecule has 2 atom stereocenters. The molecule has 0 radical (unpaired) electrons. The number of carbonyl (C=O) groups is 2. The number of anilines is 1. The van der Waals surface area contributed by atoms with Crippen LogP contribution in [-0.2, 0) is 20.7 Å². The van der Waals surface area contributed by atoms with Gasteiger partial charge in [0.25, 0.3) is 0 Å². The lowest BCUT2D eigenvalue weighted by Gasteiger charge is -2.43. The Labute approximate surface area is 178 Å². The predicted octanol–water partition coefficient (Wildman–Crippen LogP) is 2.60. The van der Waals surface area contributed by atoms with E-state index in [2.05, 4.69) is 5.32 Å². The summed E-state index contributed by atoms with van der Waals surface area (Å²) in [5, 5.41) is 3.07. The van der Waals surface area contributed by atoms with E-state index in [-0.39, 0.29) is 36.2 Å². The number of nitrogens with two attached hydrogens (primary N) is 1. The van der Waals surface area contributed by atoms with E-state index in [0.717, 1.165) is 36.9 Å². The second kappa shape index (κ2) is 9.92. The first-order chi connectivity index (χ1) is 13.6. The second-order valence-electron chi connectivity index (χ2n) is 8.55. The summed E-state index contributed by atoms with van der Waals surface area (Å²) < 4.78 is 5.29. The molecule has 29 heavy (non-hydrogen) atoms. The molecule has 2 saturated carbocycles. The minimum atomic E-state index is 0. The maximum Gasteiger partial charge on any atom is 0.227 e. The molecule has 3 fully saturated rings. The average Bonchev–Trinajstić information content (AvgIpc) is 2.70. The Hall–Kier alpha value is -1.63. The first kappa shape index (κ1) is 22.1. The van der Waals surface area contributed by atoms with E-state index in [1.807, 2.05) is 29.2 Å². The number of benzene rings is 1. The van der Waals surface area contributed by atoms with Crippen LogP contribution in [0.4, 0.5) is 5.69 Å². The highest BCUT2D eigenvalue weighted by molar-refractivity contribution is 5.92. The van der Waals surface area contributed by atoms with E-state index in [1.54, 1.807) is 0 Å². The molecule has 1 aliphatic heterocycles. The zero-order valence-electron chi connectivity index (χ0n) is 16.8. The molecule has 160 valence electrons. The molecular weight excluding hydrogens is 390 g/mol. The number of nitrogens with zero attached hydrogens (tertiary/aromatic N) is 1. The standard InChI is InChI=1S/C22H31N3O3.ClH/c23-21-16-2-1-3-17(21)14-18(13-16)22(27)24-19-6-4-15(5-7-19)12-20(26)25-8-10-28-11-9-25;/h4-7,16-18,21H,1-3,8-14,23H2,(H,24,27);1H.